The first-order chi connectivity index (χ1) is 20.4. The average molecular weight is 607 g/mol. The van der Waals surface area contributed by atoms with E-state index < -0.39 is 29.8 Å². The Hall–Kier alpha value is -2.65. The largest absolute Gasteiger partial charge is 0.444 e. The number of carbonyl (C=O) groups is 5. The Morgan fingerprint density at radius 3 is 1.93 bits per heavy atom. The van der Waals surface area contributed by atoms with Crippen LogP contribution in [-0.4, -0.2) is 83.3 Å². The standard InChI is InChI=1S/C26H43N3O5.C4H7NO.C3H8/c1-17(30)20(16-18-10-8-11-18)27-23(31)21-14-9-15-29(21)24(32)22(19-12-6-5-7-13-19)28-25(33)34-26(2,3)4;6-4-5-2-1-3-5;1-3-2/h18-22H,5-16H2,1-4H3,(H,27,31)(H,28,33);4H,1-3H2;3H2,1-2H3/t20?,21?,22-;;/m0../s1. The highest BCUT2D eigenvalue weighted by Gasteiger charge is 2.42. The van der Waals surface area contributed by atoms with E-state index in [-0.39, 0.29) is 23.5 Å². The molecule has 2 saturated carbocycles. The smallest absolute Gasteiger partial charge is 0.408 e. The van der Waals surface area contributed by atoms with Gasteiger partial charge >= 0.3 is 6.09 Å². The van der Waals surface area contributed by atoms with Crippen LogP contribution in [0.4, 0.5) is 4.79 Å². The second-order valence-corrected chi connectivity index (χ2v) is 13.6. The van der Waals surface area contributed by atoms with E-state index in [1.54, 1.807) is 30.6 Å². The zero-order valence-corrected chi connectivity index (χ0v) is 27.6. The van der Waals surface area contributed by atoms with E-state index in [1.807, 2.05) is 0 Å². The molecule has 4 amide bonds. The molecule has 2 saturated heterocycles. The number of Topliss-reactive ketones (excluding diaryl/α,β-unsaturated/α-hetero) is 1. The predicted molar refractivity (Wildman–Crippen MR) is 167 cm³/mol. The number of hydrogen-bond acceptors (Lipinski definition) is 6. The van der Waals surface area contributed by atoms with Gasteiger partial charge in [0.2, 0.25) is 18.2 Å². The molecule has 3 atom stereocenters. The van der Waals surface area contributed by atoms with Gasteiger partial charge in [-0.3, -0.25) is 19.2 Å². The van der Waals surface area contributed by atoms with Crippen molar-refractivity contribution >= 4 is 30.1 Å². The quantitative estimate of drug-likeness (QED) is 0.357. The van der Waals surface area contributed by atoms with Crippen molar-refractivity contribution in [3.05, 3.63) is 0 Å². The predicted octanol–water partition coefficient (Wildman–Crippen LogP) is 4.98. The molecule has 0 bridgehead atoms. The molecule has 2 N–H and O–H groups in total. The van der Waals surface area contributed by atoms with Gasteiger partial charge in [0.1, 0.15) is 17.7 Å². The van der Waals surface area contributed by atoms with Crippen LogP contribution in [0.15, 0.2) is 0 Å². The number of alkyl carbamates (subject to hydrolysis) is 1. The summed E-state index contributed by atoms with van der Waals surface area (Å²) in [6, 6.07) is -1.81. The molecule has 10 heteroatoms. The van der Waals surface area contributed by atoms with Crippen molar-refractivity contribution in [3.63, 3.8) is 0 Å². The van der Waals surface area contributed by atoms with E-state index >= 15 is 0 Å². The van der Waals surface area contributed by atoms with Crippen LogP contribution in [0.1, 0.15) is 125 Å². The lowest BCUT2D eigenvalue weighted by molar-refractivity contribution is -0.142. The lowest BCUT2D eigenvalue weighted by Crippen LogP contribution is -2.57. The van der Waals surface area contributed by atoms with E-state index in [0.29, 0.717) is 25.3 Å². The molecule has 0 aromatic carbocycles. The minimum atomic E-state index is -0.706. The minimum Gasteiger partial charge on any atom is -0.444 e. The maximum Gasteiger partial charge on any atom is 0.408 e. The van der Waals surface area contributed by atoms with Crippen molar-refractivity contribution in [1.82, 2.24) is 20.4 Å². The van der Waals surface area contributed by atoms with Gasteiger partial charge in [0, 0.05) is 19.6 Å². The maximum atomic E-state index is 13.7. The molecule has 2 heterocycles. The first-order valence-electron chi connectivity index (χ1n) is 16.7. The van der Waals surface area contributed by atoms with Gasteiger partial charge < -0.3 is 25.2 Å². The third-order valence-corrected chi connectivity index (χ3v) is 8.54. The normalized spacial score (nSPS) is 21.8. The van der Waals surface area contributed by atoms with Crippen LogP contribution in [0.3, 0.4) is 0 Å². The van der Waals surface area contributed by atoms with Gasteiger partial charge in [-0.05, 0) is 78.1 Å². The Labute approximate surface area is 259 Å². The van der Waals surface area contributed by atoms with Gasteiger partial charge in [0.25, 0.3) is 0 Å². The Bertz CT molecular complexity index is 906. The molecule has 246 valence electrons. The van der Waals surface area contributed by atoms with E-state index in [4.69, 9.17) is 4.74 Å². The number of nitrogens with zero attached hydrogens (tertiary/aromatic N) is 2. The summed E-state index contributed by atoms with van der Waals surface area (Å²) in [5, 5.41) is 5.78. The topological polar surface area (TPSA) is 125 Å². The average Bonchev–Trinajstić information content (AvgIpc) is 3.38. The fourth-order valence-corrected chi connectivity index (χ4v) is 5.87. The first kappa shape index (κ1) is 36.5. The van der Waals surface area contributed by atoms with Crippen LogP contribution in [0.5, 0.6) is 0 Å². The number of ketones is 1. The van der Waals surface area contributed by atoms with Gasteiger partial charge in [0.15, 0.2) is 5.78 Å². The molecule has 10 nitrogen and oxygen atoms in total. The van der Waals surface area contributed by atoms with Crippen molar-refractivity contribution in [2.24, 2.45) is 11.8 Å². The SMILES string of the molecule is CC(=O)C(CC1CCC1)NC(=O)C1CCCN1C(=O)[C@@H](NC(=O)OC(C)(C)C)C1CCCCC1.CCC.O=CN1CCC1. The summed E-state index contributed by atoms with van der Waals surface area (Å²) < 4.78 is 5.44. The van der Waals surface area contributed by atoms with E-state index in [9.17, 15) is 24.0 Å². The first-order valence-corrected chi connectivity index (χ1v) is 16.7. The third-order valence-electron chi connectivity index (χ3n) is 8.54. The van der Waals surface area contributed by atoms with Gasteiger partial charge in [-0.1, -0.05) is 58.8 Å². The summed E-state index contributed by atoms with van der Waals surface area (Å²) in [7, 11) is 0. The second-order valence-electron chi connectivity index (χ2n) is 13.6. The number of nitrogens with one attached hydrogen (secondary N) is 2. The molecular weight excluding hydrogens is 548 g/mol. The molecule has 2 aliphatic heterocycles. The van der Waals surface area contributed by atoms with Crippen LogP contribution < -0.4 is 10.6 Å². The number of ether oxygens (including phenoxy) is 1. The number of hydrogen-bond donors (Lipinski definition) is 2. The number of amides is 4. The Morgan fingerprint density at radius 1 is 0.860 bits per heavy atom. The fourth-order valence-electron chi connectivity index (χ4n) is 5.87. The number of carbonyl (C=O) groups excluding carboxylic acids is 5. The lowest BCUT2D eigenvalue weighted by Gasteiger charge is -2.35. The summed E-state index contributed by atoms with van der Waals surface area (Å²) in [4.78, 5) is 64.8. The zero-order chi connectivity index (χ0) is 32.0. The molecule has 43 heavy (non-hydrogen) atoms. The van der Waals surface area contributed by atoms with Gasteiger partial charge in [-0.2, -0.15) is 0 Å². The molecule has 4 aliphatic rings. The summed E-state index contributed by atoms with van der Waals surface area (Å²) in [6.45, 7) is 13.6. The molecule has 0 radical (unpaired) electrons. The van der Waals surface area contributed by atoms with E-state index in [1.165, 1.54) is 26.2 Å². The fraction of sp³-hybridized carbons (Fsp3) is 0.848. The molecule has 2 aliphatic carbocycles. The highest BCUT2D eigenvalue weighted by Crippen LogP contribution is 2.32. The molecule has 4 fully saturated rings. The van der Waals surface area contributed by atoms with Gasteiger partial charge in [0.05, 0.1) is 6.04 Å². The molecule has 0 aromatic rings. The Morgan fingerprint density at radius 2 is 1.49 bits per heavy atom. The Kier molecular flexibility index (Phi) is 15.5. The number of rotatable bonds is 9. The van der Waals surface area contributed by atoms with Crippen LogP contribution in [-0.2, 0) is 23.9 Å². The third kappa shape index (κ3) is 12.5. The van der Waals surface area contributed by atoms with Gasteiger partial charge in [-0.25, -0.2) is 4.79 Å². The second kappa shape index (κ2) is 18.2. The molecule has 0 aromatic heterocycles. The molecule has 0 spiro atoms. The molecular formula is C33H58N4O6. The van der Waals surface area contributed by atoms with Crippen LogP contribution >= 0.6 is 0 Å². The van der Waals surface area contributed by atoms with Crippen molar-refractivity contribution in [2.75, 3.05) is 19.6 Å². The van der Waals surface area contributed by atoms with E-state index in [0.717, 1.165) is 70.9 Å². The minimum absolute atomic E-state index is 0.0293. The Balaban J connectivity index is 0.000000618. The highest BCUT2D eigenvalue weighted by atomic mass is 16.6. The summed E-state index contributed by atoms with van der Waals surface area (Å²) in [5.41, 5.74) is -0.664. The van der Waals surface area contributed by atoms with Crippen molar-refractivity contribution in [1.29, 1.82) is 0 Å². The zero-order valence-electron chi connectivity index (χ0n) is 27.6. The van der Waals surface area contributed by atoms with Crippen molar-refractivity contribution < 1.29 is 28.7 Å². The lowest BCUT2D eigenvalue weighted by atomic mass is 9.80. The summed E-state index contributed by atoms with van der Waals surface area (Å²) in [6.07, 6.45) is 13.0. The highest BCUT2D eigenvalue weighted by molar-refractivity contribution is 5.94. The van der Waals surface area contributed by atoms with Crippen molar-refractivity contribution in [3.8, 4) is 0 Å². The molecule has 4 rings (SSSR count). The summed E-state index contributed by atoms with van der Waals surface area (Å²) >= 11 is 0. The monoisotopic (exact) mass is 606 g/mol. The van der Waals surface area contributed by atoms with Crippen molar-refractivity contribution in [2.45, 2.75) is 149 Å². The summed E-state index contributed by atoms with van der Waals surface area (Å²) in [5.74, 6) is 0.00694. The maximum absolute atomic E-state index is 13.7. The van der Waals surface area contributed by atoms with Gasteiger partial charge in [-0.15, -0.1) is 0 Å². The molecule has 2 unspecified atom stereocenters. The van der Waals surface area contributed by atoms with E-state index in [2.05, 4.69) is 24.5 Å². The van der Waals surface area contributed by atoms with Crippen LogP contribution in [0.25, 0.3) is 0 Å². The van der Waals surface area contributed by atoms with Crippen LogP contribution in [0, 0.1) is 11.8 Å². The number of likely N-dealkylation sites (tertiary alicyclic amines) is 2. The van der Waals surface area contributed by atoms with Crippen LogP contribution in [0.2, 0.25) is 0 Å².